The molecule has 0 nitrogen and oxygen atoms in total. The fourth-order valence-electron chi connectivity index (χ4n) is 1.06. The van der Waals surface area contributed by atoms with Gasteiger partial charge in [0.25, 0.3) is 0 Å². The molecule has 0 bridgehead atoms. The molecule has 49 valence electrons. The first-order valence-electron chi connectivity index (χ1n) is 3.32. The summed E-state index contributed by atoms with van der Waals surface area (Å²) in [5.74, 6) is 0. The van der Waals surface area contributed by atoms with Crippen molar-refractivity contribution in [3.8, 4) is 0 Å². The van der Waals surface area contributed by atoms with Crippen molar-refractivity contribution < 1.29 is 0 Å². The van der Waals surface area contributed by atoms with Crippen molar-refractivity contribution in [1.29, 1.82) is 0 Å². The van der Waals surface area contributed by atoms with Crippen LogP contribution in [0.5, 0.6) is 0 Å². The van der Waals surface area contributed by atoms with Gasteiger partial charge in [-0.15, -0.1) is 0 Å². The predicted octanol–water partition coefficient (Wildman–Crippen LogP) is 1.99. The Balaban J connectivity index is 0.000000605. The van der Waals surface area contributed by atoms with Crippen molar-refractivity contribution in [1.82, 2.24) is 0 Å². The zero-order chi connectivity index (χ0) is 6.81. The Morgan fingerprint density at radius 1 is 0.909 bits per heavy atom. The Labute approximate surface area is 78.4 Å². The van der Waals surface area contributed by atoms with Gasteiger partial charge in [-0.05, 0) is 16.8 Å². The van der Waals surface area contributed by atoms with Crippen LogP contribution in [0.2, 0.25) is 0 Å². The number of fused-ring (bicyclic) bond motifs is 1. The van der Waals surface area contributed by atoms with Gasteiger partial charge < -0.3 is 0 Å². The molecule has 2 aromatic carbocycles. The smallest absolute Gasteiger partial charge is 0.00992 e. The van der Waals surface area contributed by atoms with Crippen LogP contribution in [0.4, 0.5) is 0 Å². The van der Waals surface area contributed by atoms with Crippen LogP contribution in [-0.4, -0.2) is 18.9 Å². The largest absolute Gasteiger partial charge is 0.0616 e. The molecule has 0 unspecified atom stereocenters. The third-order valence-corrected chi connectivity index (χ3v) is 1.57. The van der Waals surface area contributed by atoms with E-state index in [1.54, 1.807) is 0 Å². The summed E-state index contributed by atoms with van der Waals surface area (Å²) in [6.07, 6.45) is 0. The molecule has 0 atom stereocenters. The quantitative estimate of drug-likeness (QED) is 0.484. The summed E-state index contributed by atoms with van der Waals surface area (Å²) >= 11 is 0. The van der Waals surface area contributed by atoms with Crippen LogP contribution < -0.4 is 0 Å². The minimum atomic E-state index is 0. The second kappa shape index (κ2) is 3.62. The summed E-state index contributed by atoms with van der Waals surface area (Å²) < 4.78 is 0. The molecule has 0 spiro atoms. The summed E-state index contributed by atoms with van der Waals surface area (Å²) in [6, 6.07) is 17.4. The third kappa shape index (κ3) is 1.65. The molecule has 0 amide bonds. The third-order valence-electron chi connectivity index (χ3n) is 1.57. The molecule has 0 heterocycles. The molecule has 0 aliphatic carbocycles. The van der Waals surface area contributed by atoms with Crippen molar-refractivity contribution in [3.63, 3.8) is 0 Å². The Hall–Kier alpha value is -0.703. The number of benzene rings is 2. The average Bonchev–Trinajstić information content (AvgIpc) is 2.05. The molecule has 2 rings (SSSR count). The van der Waals surface area contributed by atoms with Crippen LogP contribution in [0.3, 0.4) is 0 Å². The molecule has 0 saturated carbocycles. The molecular formula is C10H8Li. The standard InChI is InChI=1S/C10H7.Li.H/c1-2-6-10-8-4-3-7-9(10)5-1;;/h1-7H;;. The summed E-state index contributed by atoms with van der Waals surface area (Å²) in [5, 5.41) is 2.44. The van der Waals surface area contributed by atoms with Crippen molar-refractivity contribution >= 4 is 29.6 Å². The van der Waals surface area contributed by atoms with E-state index in [1.807, 2.05) is 24.3 Å². The maximum atomic E-state index is 3.15. The van der Waals surface area contributed by atoms with E-state index in [1.165, 1.54) is 10.8 Å². The summed E-state index contributed by atoms with van der Waals surface area (Å²) in [7, 11) is 0. The monoisotopic (exact) mass is 135 g/mol. The van der Waals surface area contributed by atoms with Crippen molar-refractivity contribution in [2.24, 2.45) is 0 Å². The van der Waals surface area contributed by atoms with E-state index in [0.717, 1.165) is 0 Å². The molecule has 0 aromatic heterocycles. The van der Waals surface area contributed by atoms with Crippen molar-refractivity contribution in [3.05, 3.63) is 48.5 Å². The van der Waals surface area contributed by atoms with E-state index in [4.69, 9.17) is 0 Å². The van der Waals surface area contributed by atoms with E-state index < -0.39 is 0 Å². The first-order valence-corrected chi connectivity index (χ1v) is 3.32. The maximum absolute atomic E-state index is 3.15. The van der Waals surface area contributed by atoms with Gasteiger partial charge in [-0.3, -0.25) is 0 Å². The van der Waals surface area contributed by atoms with Crippen LogP contribution in [0.15, 0.2) is 42.5 Å². The maximum Gasteiger partial charge on any atom is -0.00992 e. The second-order valence-corrected chi connectivity index (χ2v) is 2.26. The predicted molar refractivity (Wildman–Crippen MR) is 49.9 cm³/mol. The Morgan fingerprint density at radius 3 is 2.45 bits per heavy atom. The van der Waals surface area contributed by atoms with E-state index in [-0.39, 0.29) is 18.9 Å². The van der Waals surface area contributed by atoms with Crippen molar-refractivity contribution in [2.75, 3.05) is 0 Å². The molecule has 0 fully saturated rings. The molecule has 0 aliphatic rings. The SMILES string of the molecule is [LiH].[c]1cccc2ccccc12. The molecular weight excluding hydrogens is 127 g/mol. The van der Waals surface area contributed by atoms with Gasteiger partial charge in [0.15, 0.2) is 0 Å². The van der Waals surface area contributed by atoms with Gasteiger partial charge >= 0.3 is 18.9 Å². The van der Waals surface area contributed by atoms with Crippen LogP contribution in [-0.2, 0) is 0 Å². The van der Waals surface area contributed by atoms with Gasteiger partial charge in [0.2, 0.25) is 0 Å². The number of hydrogen-bond acceptors (Lipinski definition) is 0. The van der Waals surface area contributed by atoms with Gasteiger partial charge in [0.05, 0.1) is 0 Å². The zero-order valence-corrected chi connectivity index (χ0v) is 5.54. The molecule has 1 radical (unpaired) electrons. The minimum absolute atomic E-state index is 0. The average molecular weight is 135 g/mol. The van der Waals surface area contributed by atoms with Gasteiger partial charge in [-0.25, -0.2) is 0 Å². The first kappa shape index (κ1) is 8.39. The van der Waals surface area contributed by atoms with Gasteiger partial charge in [0.1, 0.15) is 0 Å². The Morgan fingerprint density at radius 2 is 1.64 bits per heavy atom. The van der Waals surface area contributed by atoms with Gasteiger partial charge in [-0.2, -0.15) is 0 Å². The first-order chi connectivity index (χ1) is 4.97. The van der Waals surface area contributed by atoms with E-state index in [2.05, 4.69) is 24.3 Å². The summed E-state index contributed by atoms with van der Waals surface area (Å²) in [4.78, 5) is 0. The fraction of sp³-hybridized carbons (Fsp3) is 0. The van der Waals surface area contributed by atoms with Crippen molar-refractivity contribution in [2.45, 2.75) is 0 Å². The number of hydrogen-bond donors (Lipinski definition) is 0. The van der Waals surface area contributed by atoms with Crippen LogP contribution in [0.1, 0.15) is 0 Å². The number of rotatable bonds is 0. The molecule has 2 aromatic rings. The molecule has 1 heteroatoms. The summed E-state index contributed by atoms with van der Waals surface area (Å²) in [6.45, 7) is 0. The minimum Gasteiger partial charge on any atom is -0.0616 e. The Bertz CT molecular complexity index is 276. The normalized spacial score (nSPS) is 9.09. The Kier molecular flexibility index (Phi) is 2.76. The van der Waals surface area contributed by atoms with Crippen LogP contribution in [0, 0.1) is 6.07 Å². The molecule has 11 heavy (non-hydrogen) atoms. The van der Waals surface area contributed by atoms with E-state index in [9.17, 15) is 0 Å². The van der Waals surface area contributed by atoms with Crippen LogP contribution in [0.25, 0.3) is 10.8 Å². The summed E-state index contributed by atoms with van der Waals surface area (Å²) in [5.41, 5.74) is 0. The topological polar surface area (TPSA) is 0 Å². The van der Waals surface area contributed by atoms with E-state index >= 15 is 0 Å². The fourth-order valence-corrected chi connectivity index (χ4v) is 1.06. The van der Waals surface area contributed by atoms with Gasteiger partial charge in [0, 0.05) is 0 Å². The molecule has 0 saturated heterocycles. The molecule has 0 N–H and O–H groups in total. The second-order valence-electron chi connectivity index (χ2n) is 2.26. The zero-order valence-electron chi connectivity index (χ0n) is 5.54. The van der Waals surface area contributed by atoms with Gasteiger partial charge in [-0.1, -0.05) is 42.5 Å². The van der Waals surface area contributed by atoms with E-state index in [0.29, 0.717) is 0 Å². The van der Waals surface area contributed by atoms with Crippen LogP contribution >= 0.6 is 0 Å². The molecule has 0 aliphatic heterocycles.